The molecule has 0 amide bonds. The monoisotopic (exact) mass is 281 g/mol. The molecule has 0 radical (unpaired) electrons. The number of nitrogens with two attached hydrogens (primary N) is 1. The van der Waals surface area contributed by atoms with E-state index in [-0.39, 0.29) is 11.2 Å². The second kappa shape index (κ2) is 4.62. The Kier molecular flexibility index (Phi) is 3.01. The number of carbonyl (C=O) groups is 1. The minimum Gasteiger partial charge on any atom is -0.492 e. The molecular formula is C18H19NO2. The van der Waals surface area contributed by atoms with E-state index in [2.05, 4.69) is 13.8 Å². The van der Waals surface area contributed by atoms with Crippen molar-refractivity contribution in [1.29, 1.82) is 0 Å². The number of benzene rings is 2. The largest absolute Gasteiger partial charge is 0.492 e. The number of aryl methyl sites for hydroxylation is 1. The number of carbonyl (C=O) groups excluding carboxylic acids is 1. The first-order valence-corrected chi connectivity index (χ1v) is 7.07. The second-order valence-electron chi connectivity index (χ2n) is 6.30. The molecule has 1 aliphatic rings. The van der Waals surface area contributed by atoms with Crippen molar-refractivity contribution in [1.82, 2.24) is 0 Å². The summed E-state index contributed by atoms with van der Waals surface area (Å²) in [6, 6.07) is 11.2. The lowest BCUT2D eigenvalue weighted by molar-refractivity contribution is 0.103. The van der Waals surface area contributed by atoms with Crippen molar-refractivity contribution in [2.45, 2.75) is 26.2 Å². The Bertz CT molecular complexity index is 732. The highest BCUT2D eigenvalue weighted by Gasteiger charge is 2.32. The summed E-state index contributed by atoms with van der Waals surface area (Å²) in [4.78, 5) is 12.7. The van der Waals surface area contributed by atoms with Gasteiger partial charge >= 0.3 is 0 Å². The lowest BCUT2D eigenvalue weighted by Crippen LogP contribution is -2.18. The topological polar surface area (TPSA) is 52.3 Å². The molecule has 108 valence electrons. The average Bonchev–Trinajstić information content (AvgIpc) is 2.76. The summed E-state index contributed by atoms with van der Waals surface area (Å²) >= 11 is 0. The zero-order valence-corrected chi connectivity index (χ0v) is 12.6. The smallest absolute Gasteiger partial charge is 0.195 e. The first-order valence-electron chi connectivity index (χ1n) is 7.07. The molecule has 0 aliphatic carbocycles. The van der Waals surface area contributed by atoms with Crippen LogP contribution in [-0.4, -0.2) is 12.4 Å². The predicted molar refractivity (Wildman–Crippen MR) is 84.0 cm³/mol. The number of nitrogen functional groups attached to an aromatic ring is 1. The molecule has 2 N–H and O–H groups in total. The lowest BCUT2D eigenvalue weighted by Gasteiger charge is -2.16. The van der Waals surface area contributed by atoms with Gasteiger partial charge in [-0.2, -0.15) is 0 Å². The number of rotatable bonds is 2. The fourth-order valence-corrected chi connectivity index (χ4v) is 2.68. The van der Waals surface area contributed by atoms with Crippen molar-refractivity contribution in [2.75, 3.05) is 12.3 Å². The maximum atomic E-state index is 12.7. The average molecular weight is 281 g/mol. The third kappa shape index (κ3) is 2.29. The maximum Gasteiger partial charge on any atom is 0.195 e. The van der Waals surface area contributed by atoms with Crippen LogP contribution in [0, 0.1) is 6.92 Å². The molecule has 1 heterocycles. The molecule has 0 saturated carbocycles. The normalized spacial score (nSPS) is 15.4. The SMILES string of the molecule is Cc1ccc(N)c(C(=O)c2ccc3c(c2)C(C)(C)CO3)c1. The third-order valence-electron chi connectivity index (χ3n) is 4.01. The van der Waals surface area contributed by atoms with E-state index in [9.17, 15) is 4.79 Å². The van der Waals surface area contributed by atoms with Crippen molar-refractivity contribution < 1.29 is 9.53 Å². The highest BCUT2D eigenvalue weighted by atomic mass is 16.5. The van der Waals surface area contributed by atoms with Gasteiger partial charge in [-0.25, -0.2) is 0 Å². The van der Waals surface area contributed by atoms with E-state index >= 15 is 0 Å². The standard InChI is InChI=1S/C18H19NO2/c1-11-4-6-15(19)13(8-11)17(20)12-5-7-16-14(9-12)18(2,3)10-21-16/h4-9H,10,19H2,1-3H3. The molecule has 3 rings (SSSR count). The Labute approximate surface area is 124 Å². The molecule has 1 aliphatic heterocycles. The Morgan fingerprint density at radius 2 is 1.95 bits per heavy atom. The quantitative estimate of drug-likeness (QED) is 0.677. The van der Waals surface area contributed by atoms with Crippen LogP contribution < -0.4 is 10.5 Å². The van der Waals surface area contributed by atoms with E-state index in [1.807, 2.05) is 37.3 Å². The van der Waals surface area contributed by atoms with Gasteiger partial charge in [-0.05, 0) is 37.3 Å². The molecule has 3 nitrogen and oxygen atoms in total. The van der Waals surface area contributed by atoms with Gasteiger partial charge in [-0.1, -0.05) is 25.5 Å². The highest BCUT2D eigenvalue weighted by Crippen LogP contribution is 2.39. The van der Waals surface area contributed by atoms with Crippen LogP contribution in [0.4, 0.5) is 5.69 Å². The van der Waals surface area contributed by atoms with E-state index in [1.165, 1.54) is 0 Å². The number of hydrogen-bond acceptors (Lipinski definition) is 3. The van der Waals surface area contributed by atoms with Crippen LogP contribution in [0.2, 0.25) is 0 Å². The molecule has 2 aromatic rings. The third-order valence-corrected chi connectivity index (χ3v) is 4.01. The molecule has 21 heavy (non-hydrogen) atoms. The van der Waals surface area contributed by atoms with Crippen molar-refractivity contribution in [3.8, 4) is 5.75 Å². The molecular weight excluding hydrogens is 262 g/mol. The van der Waals surface area contributed by atoms with Gasteiger partial charge in [-0.3, -0.25) is 4.79 Å². The molecule has 0 spiro atoms. The number of fused-ring (bicyclic) bond motifs is 1. The Balaban J connectivity index is 2.06. The molecule has 0 aromatic heterocycles. The van der Waals surface area contributed by atoms with Crippen molar-refractivity contribution in [3.63, 3.8) is 0 Å². The summed E-state index contributed by atoms with van der Waals surface area (Å²) in [7, 11) is 0. The van der Waals surface area contributed by atoms with Crippen LogP contribution >= 0.6 is 0 Å². The van der Waals surface area contributed by atoms with E-state index in [0.29, 0.717) is 23.4 Å². The van der Waals surface area contributed by atoms with Crippen molar-refractivity contribution in [2.24, 2.45) is 0 Å². The Morgan fingerprint density at radius 1 is 1.19 bits per heavy atom. The van der Waals surface area contributed by atoms with Crippen LogP contribution in [0.1, 0.15) is 40.9 Å². The highest BCUT2D eigenvalue weighted by molar-refractivity contribution is 6.12. The summed E-state index contributed by atoms with van der Waals surface area (Å²) in [5.74, 6) is 0.829. The molecule has 0 atom stereocenters. The van der Waals surface area contributed by atoms with Gasteiger partial charge in [0.25, 0.3) is 0 Å². The number of hydrogen-bond donors (Lipinski definition) is 1. The number of anilines is 1. The van der Waals surface area contributed by atoms with Crippen molar-refractivity contribution in [3.05, 3.63) is 58.7 Å². The van der Waals surface area contributed by atoms with Crippen LogP contribution in [0.5, 0.6) is 5.75 Å². The second-order valence-corrected chi connectivity index (χ2v) is 6.30. The van der Waals surface area contributed by atoms with Gasteiger partial charge in [0.05, 0.1) is 6.61 Å². The maximum absolute atomic E-state index is 12.7. The zero-order valence-electron chi connectivity index (χ0n) is 12.6. The Hall–Kier alpha value is -2.29. The molecule has 0 bridgehead atoms. The van der Waals surface area contributed by atoms with Gasteiger partial charge in [0.1, 0.15) is 5.75 Å². The zero-order chi connectivity index (χ0) is 15.2. The summed E-state index contributed by atoms with van der Waals surface area (Å²) in [5, 5.41) is 0. The molecule has 0 unspecified atom stereocenters. The number of ketones is 1. The van der Waals surface area contributed by atoms with Crippen LogP contribution in [-0.2, 0) is 5.41 Å². The summed E-state index contributed by atoms with van der Waals surface area (Å²) < 4.78 is 5.66. The van der Waals surface area contributed by atoms with Gasteiger partial charge in [0.2, 0.25) is 0 Å². The minimum atomic E-state index is -0.0657. The van der Waals surface area contributed by atoms with Crippen LogP contribution in [0.15, 0.2) is 36.4 Å². The Morgan fingerprint density at radius 3 is 2.71 bits per heavy atom. The summed E-state index contributed by atoms with van der Waals surface area (Å²) in [5.41, 5.74) is 9.73. The van der Waals surface area contributed by atoms with Gasteiger partial charge in [0.15, 0.2) is 5.78 Å². The van der Waals surface area contributed by atoms with E-state index < -0.39 is 0 Å². The molecule has 0 saturated heterocycles. The van der Waals surface area contributed by atoms with E-state index in [0.717, 1.165) is 16.9 Å². The van der Waals surface area contributed by atoms with E-state index in [4.69, 9.17) is 10.5 Å². The fraction of sp³-hybridized carbons (Fsp3) is 0.278. The van der Waals surface area contributed by atoms with Gasteiger partial charge in [0, 0.05) is 27.8 Å². The van der Waals surface area contributed by atoms with Gasteiger partial charge < -0.3 is 10.5 Å². The molecule has 3 heteroatoms. The predicted octanol–water partition coefficient (Wildman–Crippen LogP) is 3.48. The lowest BCUT2D eigenvalue weighted by atomic mass is 9.85. The van der Waals surface area contributed by atoms with E-state index in [1.54, 1.807) is 6.07 Å². The number of ether oxygens (including phenoxy) is 1. The molecule has 2 aromatic carbocycles. The van der Waals surface area contributed by atoms with Crippen LogP contribution in [0.3, 0.4) is 0 Å². The minimum absolute atomic E-state index is 0.0401. The molecule has 0 fully saturated rings. The van der Waals surface area contributed by atoms with Crippen molar-refractivity contribution >= 4 is 11.5 Å². The van der Waals surface area contributed by atoms with Crippen LogP contribution in [0.25, 0.3) is 0 Å². The van der Waals surface area contributed by atoms with Gasteiger partial charge in [-0.15, -0.1) is 0 Å². The fourth-order valence-electron chi connectivity index (χ4n) is 2.68. The summed E-state index contributed by atoms with van der Waals surface area (Å²) in [6.07, 6.45) is 0. The summed E-state index contributed by atoms with van der Waals surface area (Å²) in [6.45, 7) is 6.84. The first-order chi connectivity index (χ1) is 9.88. The first kappa shape index (κ1) is 13.7.